The summed E-state index contributed by atoms with van der Waals surface area (Å²) in [5.41, 5.74) is 8.95. The molecule has 0 aromatic heterocycles. The zero-order valence-electron chi connectivity index (χ0n) is 14.2. The first-order chi connectivity index (χ1) is 10.5. The fourth-order valence-corrected chi connectivity index (χ4v) is 4.85. The van der Waals surface area contributed by atoms with Crippen molar-refractivity contribution >= 4 is 14.7 Å². The molecule has 0 heterocycles. The number of rotatable bonds is 3. The SMILES string of the molecule is CC1=CC(C2=C([Si]c3cccc(C)c3C)C=CC2)C(C)=C1C. The second kappa shape index (κ2) is 5.89. The van der Waals surface area contributed by atoms with Crippen LogP contribution in [0.4, 0.5) is 0 Å². The molecule has 2 aliphatic carbocycles. The minimum atomic E-state index is 0.530. The molecule has 22 heavy (non-hydrogen) atoms. The van der Waals surface area contributed by atoms with Gasteiger partial charge in [-0.3, -0.25) is 0 Å². The fraction of sp³-hybridized carbons (Fsp3) is 0.333. The van der Waals surface area contributed by atoms with Gasteiger partial charge in [-0.1, -0.05) is 63.5 Å². The van der Waals surface area contributed by atoms with Crippen LogP contribution in [-0.4, -0.2) is 9.52 Å². The van der Waals surface area contributed by atoms with Gasteiger partial charge in [0.25, 0.3) is 0 Å². The lowest BCUT2D eigenvalue weighted by molar-refractivity contribution is 0.875. The van der Waals surface area contributed by atoms with Gasteiger partial charge >= 0.3 is 0 Å². The van der Waals surface area contributed by atoms with Gasteiger partial charge in [0.2, 0.25) is 0 Å². The highest BCUT2D eigenvalue weighted by molar-refractivity contribution is 6.62. The summed E-state index contributed by atoms with van der Waals surface area (Å²) in [6.07, 6.45) is 8.28. The lowest BCUT2D eigenvalue weighted by atomic mass is 9.93. The van der Waals surface area contributed by atoms with Crippen LogP contribution in [0.1, 0.15) is 38.3 Å². The molecule has 0 nitrogen and oxygen atoms in total. The molecule has 0 fully saturated rings. The summed E-state index contributed by atoms with van der Waals surface area (Å²) in [5, 5.41) is 3.05. The second-order valence-corrected chi connectivity index (χ2v) is 7.88. The van der Waals surface area contributed by atoms with Gasteiger partial charge < -0.3 is 0 Å². The van der Waals surface area contributed by atoms with E-state index in [0.717, 1.165) is 15.9 Å². The van der Waals surface area contributed by atoms with Crippen molar-refractivity contribution < 1.29 is 0 Å². The Bertz CT molecular complexity index is 741. The Morgan fingerprint density at radius 2 is 1.82 bits per heavy atom. The molecule has 0 spiro atoms. The molecule has 0 bridgehead atoms. The molecule has 0 aliphatic heterocycles. The topological polar surface area (TPSA) is 0 Å². The number of benzene rings is 1. The molecular weight excluding hydrogens is 280 g/mol. The molecule has 0 N–H and O–H groups in total. The Labute approximate surface area is 137 Å². The molecule has 3 rings (SSSR count). The highest BCUT2D eigenvalue weighted by Gasteiger charge is 2.25. The van der Waals surface area contributed by atoms with E-state index in [1.54, 1.807) is 16.3 Å². The van der Waals surface area contributed by atoms with Crippen LogP contribution in [0.25, 0.3) is 0 Å². The third-order valence-electron chi connectivity index (χ3n) is 5.28. The summed E-state index contributed by atoms with van der Waals surface area (Å²) in [4.78, 5) is 0. The van der Waals surface area contributed by atoms with Gasteiger partial charge in [0.05, 0.1) is 0 Å². The summed E-state index contributed by atoms with van der Waals surface area (Å²) in [6, 6.07) is 6.70. The van der Waals surface area contributed by atoms with Crippen LogP contribution < -0.4 is 5.19 Å². The van der Waals surface area contributed by atoms with E-state index in [1.807, 2.05) is 0 Å². The van der Waals surface area contributed by atoms with Crippen molar-refractivity contribution in [1.82, 2.24) is 0 Å². The second-order valence-electron chi connectivity index (χ2n) is 6.55. The largest absolute Gasteiger partial charge is 0.121 e. The third-order valence-corrected chi connectivity index (χ3v) is 6.85. The van der Waals surface area contributed by atoms with Crippen LogP contribution in [0.2, 0.25) is 0 Å². The van der Waals surface area contributed by atoms with Crippen molar-refractivity contribution in [3.05, 3.63) is 75.0 Å². The molecule has 0 saturated heterocycles. The molecule has 2 aliphatic rings. The van der Waals surface area contributed by atoms with E-state index in [0.29, 0.717) is 5.92 Å². The van der Waals surface area contributed by atoms with Gasteiger partial charge in [0.1, 0.15) is 9.52 Å². The van der Waals surface area contributed by atoms with Crippen LogP contribution in [0.5, 0.6) is 0 Å². The van der Waals surface area contributed by atoms with Gasteiger partial charge in [-0.15, -0.1) is 0 Å². The molecule has 0 saturated carbocycles. The number of aryl methyl sites for hydroxylation is 1. The van der Waals surface area contributed by atoms with Crippen molar-refractivity contribution in [2.24, 2.45) is 5.92 Å². The maximum absolute atomic E-state index is 2.46. The van der Waals surface area contributed by atoms with E-state index in [1.165, 1.54) is 27.5 Å². The molecule has 1 heteroatoms. The van der Waals surface area contributed by atoms with Gasteiger partial charge in [0, 0.05) is 5.92 Å². The zero-order valence-corrected chi connectivity index (χ0v) is 15.2. The first kappa shape index (κ1) is 15.3. The molecule has 2 radical (unpaired) electrons. The monoisotopic (exact) mass is 304 g/mol. The zero-order chi connectivity index (χ0) is 15.9. The van der Waals surface area contributed by atoms with Crippen molar-refractivity contribution in [2.45, 2.75) is 41.0 Å². The summed E-state index contributed by atoms with van der Waals surface area (Å²) in [6.45, 7) is 11.3. The highest BCUT2D eigenvalue weighted by atomic mass is 28.2. The first-order valence-electron chi connectivity index (χ1n) is 8.08. The lowest BCUT2D eigenvalue weighted by Gasteiger charge is -2.16. The van der Waals surface area contributed by atoms with Crippen LogP contribution in [0.15, 0.2) is 63.9 Å². The maximum atomic E-state index is 2.46. The molecule has 0 amide bonds. The fourth-order valence-electron chi connectivity index (χ4n) is 3.37. The summed E-state index contributed by atoms with van der Waals surface area (Å²) in [5.74, 6) is 0.530. The van der Waals surface area contributed by atoms with Crippen molar-refractivity contribution in [3.63, 3.8) is 0 Å². The third kappa shape index (κ3) is 2.59. The molecule has 1 aromatic carbocycles. The van der Waals surface area contributed by atoms with E-state index < -0.39 is 0 Å². The van der Waals surface area contributed by atoms with E-state index in [9.17, 15) is 0 Å². The predicted octanol–water partition coefficient (Wildman–Crippen LogP) is 4.76. The Morgan fingerprint density at radius 3 is 2.50 bits per heavy atom. The molecule has 112 valence electrons. The standard InChI is InChI=1S/C21H24Si/c1-13-8-6-10-20(16(13)4)22-21-11-7-9-18(21)19-12-14(2)15(3)17(19)5/h6-8,10-12,19H,9H2,1-5H3. The van der Waals surface area contributed by atoms with E-state index in [2.05, 4.69) is 71.0 Å². The van der Waals surface area contributed by atoms with Gasteiger partial charge in [-0.2, -0.15) is 0 Å². The minimum Gasteiger partial charge on any atom is -0.0806 e. The Kier molecular flexibility index (Phi) is 4.09. The molecular formula is C21H24Si. The smallest absolute Gasteiger partial charge is 0.0806 e. The number of allylic oxidation sites excluding steroid dienone is 8. The molecule has 1 atom stereocenters. The number of hydrogen-bond acceptors (Lipinski definition) is 0. The predicted molar refractivity (Wildman–Crippen MR) is 97.7 cm³/mol. The Morgan fingerprint density at radius 1 is 1.05 bits per heavy atom. The van der Waals surface area contributed by atoms with Crippen molar-refractivity contribution in [3.8, 4) is 0 Å². The van der Waals surface area contributed by atoms with Gasteiger partial charge in [-0.05, 0) is 57.7 Å². The van der Waals surface area contributed by atoms with Crippen molar-refractivity contribution in [1.29, 1.82) is 0 Å². The van der Waals surface area contributed by atoms with Crippen LogP contribution in [-0.2, 0) is 0 Å². The summed E-state index contributed by atoms with van der Waals surface area (Å²) >= 11 is 0. The number of hydrogen-bond donors (Lipinski definition) is 0. The van der Waals surface area contributed by atoms with Gasteiger partial charge in [0.15, 0.2) is 0 Å². The molecule has 1 aromatic rings. The first-order valence-corrected chi connectivity index (χ1v) is 9.08. The lowest BCUT2D eigenvalue weighted by Crippen LogP contribution is -2.21. The van der Waals surface area contributed by atoms with Crippen LogP contribution in [0.3, 0.4) is 0 Å². The maximum Gasteiger partial charge on any atom is 0.121 e. The van der Waals surface area contributed by atoms with Crippen LogP contribution >= 0.6 is 0 Å². The van der Waals surface area contributed by atoms with Crippen LogP contribution in [0, 0.1) is 19.8 Å². The highest BCUT2D eigenvalue weighted by Crippen LogP contribution is 2.39. The Balaban J connectivity index is 1.95. The van der Waals surface area contributed by atoms with Crippen molar-refractivity contribution in [2.75, 3.05) is 0 Å². The average molecular weight is 305 g/mol. The Hall–Kier alpha value is -1.60. The quantitative estimate of drug-likeness (QED) is 0.706. The van der Waals surface area contributed by atoms with E-state index in [4.69, 9.17) is 0 Å². The minimum absolute atomic E-state index is 0.530. The normalized spacial score (nSPS) is 21.1. The summed E-state index contributed by atoms with van der Waals surface area (Å²) in [7, 11) is 0.775. The van der Waals surface area contributed by atoms with E-state index in [-0.39, 0.29) is 0 Å². The summed E-state index contributed by atoms with van der Waals surface area (Å²) < 4.78 is 0. The van der Waals surface area contributed by atoms with E-state index >= 15 is 0 Å². The average Bonchev–Trinajstić information content (AvgIpc) is 3.04. The van der Waals surface area contributed by atoms with Gasteiger partial charge in [-0.25, -0.2) is 0 Å². The molecule has 1 unspecified atom stereocenters.